The van der Waals surface area contributed by atoms with E-state index < -0.39 is 23.9 Å². The molecule has 0 radical (unpaired) electrons. The molecule has 0 saturated carbocycles. The molecule has 2 aromatic rings. The molecule has 154 valence electrons. The normalized spacial score (nSPS) is 11.6. The third kappa shape index (κ3) is 7.57. The van der Waals surface area contributed by atoms with Gasteiger partial charge in [0.25, 0.3) is 0 Å². The first-order valence-electron chi connectivity index (χ1n) is 9.18. The minimum atomic E-state index is -0.988. The highest BCUT2D eigenvalue weighted by molar-refractivity contribution is 9.10. The Bertz CT molecular complexity index is 868. The van der Waals surface area contributed by atoms with Crippen LogP contribution in [0.1, 0.15) is 25.8 Å². The lowest BCUT2D eigenvalue weighted by Crippen LogP contribution is -2.46. The van der Waals surface area contributed by atoms with Crippen molar-refractivity contribution in [2.45, 2.75) is 32.7 Å². The molecule has 8 heteroatoms. The number of carbonyl (C=O) groups excluding carboxylic acids is 2. The summed E-state index contributed by atoms with van der Waals surface area (Å²) in [6.07, 6.45) is 0.226. The van der Waals surface area contributed by atoms with Gasteiger partial charge in [-0.2, -0.15) is 0 Å². The van der Waals surface area contributed by atoms with Gasteiger partial charge in [0.2, 0.25) is 5.91 Å². The Hall–Kier alpha value is -2.87. The van der Waals surface area contributed by atoms with Crippen LogP contribution in [0.25, 0.3) is 0 Å². The molecule has 3 amide bonds. The van der Waals surface area contributed by atoms with Crippen molar-refractivity contribution in [1.82, 2.24) is 5.32 Å². The summed E-state index contributed by atoms with van der Waals surface area (Å²) in [6.45, 7) is 3.90. The fourth-order valence-electron chi connectivity index (χ4n) is 2.74. The number of hydrogen-bond acceptors (Lipinski definition) is 3. The second-order valence-electron chi connectivity index (χ2n) is 7.00. The van der Waals surface area contributed by atoms with Crippen LogP contribution >= 0.6 is 15.9 Å². The molecule has 0 heterocycles. The summed E-state index contributed by atoms with van der Waals surface area (Å²) in [4.78, 5) is 36.2. The Morgan fingerprint density at radius 1 is 1.00 bits per heavy atom. The van der Waals surface area contributed by atoms with E-state index in [1.165, 1.54) is 0 Å². The zero-order chi connectivity index (χ0) is 21.4. The smallest absolute Gasteiger partial charge is 0.319 e. The first-order valence-corrected chi connectivity index (χ1v) is 9.97. The number of carboxylic acid groups (broad SMARTS) is 1. The van der Waals surface area contributed by atoms with Crippen molar-refractivity contribution in [3.8, 4) is 0 Å². The molecule has 2 aromatic carbocycles. The summed E-state index contributed by atoms with van der Waals surface area (Å²) in [7, 11) is 0. The summed E-state index contributed by atoms with van der Waals surface area (Å²) in [5.74, 6) is -1.23. The molecule has 0 spiro atoms. The highest BCUT2D eigenvalue weighted by Gasteiger charge is 2.23. The van der Waals surface area contributed by atoms with E-state index in [1.54, 1.807) is 48.5 Å². The highest BCUT2D eigenvalue weighted by atomic mass is 79.9. The fraction of sp³-hybridized carbons (Fsp3) is 0.286. The number of rotatable bonds is 8. The largest absolute Gasteiger partial charge is 0.481 e. The molecular formula is C21H24BrN3O4. The van der Waals surface area contributed by atoms with Gasteiger partial charge in [0.1, 0.15) is 6.04 Å². The van der Waals surface area contributed by atoms with Gasteiger partial charge in [-0.15, -0.1) is 0 Å². The number of para-hydroxylation sites is 1. The third-order valence-corrected chi connectivity index (χ3v) is 4.58. The van der Waals surface area contributed by atoms with Gasteiger partial charge in [-0.05, 0) is 48.2 Å². The van der Waals surface area contributed by atoms with Gasteiger partial charge in [-0.25, -0.2) is 4.79 Å². The Balaban J connectivity index is 2.09. The maximum absolute atomic E-state index is 12.8. The van der Waals surface area contributed by atoms with E-state index in [4.69, 9.17) is 5.11 Å². The first-order chi connectivity index (χ1) is 13.7. The van der Waals surface area contributed by atoms with E-state index in [0.29, 0.717) is 23.4 Å². The van der Waals surface area contributed by atoms with Crippen LogP contribution in [0.2, 0.25) is 0 Å². The van der Waals surface area contributed by atoms with Crippen molar-refractivity contribution in [3.63, 3.8) is 0 Å². The second-order valence-corrected chi connectivity index (χ2v) is 7.92. The lowest BCUT2D eigenvalue weighted by atomic mass is 10.0. The molecule has 0 aliphatic carbocycles. The Labute approximate surface area is 178 Å². The van der Waals surface area contributed by atoms with Gasteiger partial charge >= 0.3 is 12.0 Å². The molecule has 0 fully saturated rings. The van der Waals surface area contributed by atoms with Gasteiger partial charge in [-0.1, -0.05) is 48.0 Å². The minimum absolute atomic E-state index is 0.160. The van der Waals surface area contributed by atoms with Crippen molar-refractivity contribution in [3.05, 3.63) is 58.6 Å². The molecule has 2 rings (SSSR count). The van der Waals surface area contributed by atoms with E-state index in [9.17, 15) is 14.4 Å². The van der Waals surface area contributed by atoms with Crippen LogP contribution in [-0.2, 0) is 16.0 Å². The van der Waals surface area contributed by atoms with E-state index >= 15 is 0 Å². The number of urea groups is 1. The van der Waals surface area contributed by atoms with Crippen molar-refractivity contribution < 1.29 is 19.5 Å². The van der Waals surface area contributed by atoms with Crippen LogP contribution in [0.4, 0.5) is 16.2 Å². The number of anilines is 2. The van der Waals surface area contributed by atoms with Crippen molar-refractivity contribution in [1.29, 1.82) is 0 Å². The van der Waals surface area contributed by atoms with Gasteiger partial charge in [0.05, 0.1) is 6.42 Å². The summed E-state index contributed by atoms with van der Waals surface area (Å²) >= 11 is 3.33. The maximum atomic E-state index is 12.8. The van der Waals surface area contributed by atoms with E-state index in [0.717, 1.165) is 4.47 Å². The maximum Gasteiger partial charge on any atom is 0.319 e. The SMILES string of the molecule is CC(C)C[C@H](NC(=O)Nc1ccc(Br)cc1)C(=O)Nc1ccccc1CC(=O)O. The molecule has 7 nitrogen and oxygen atoms in total. The standard InChI is InChI=1S/C21H24BrN3O4/c1-13(2)11-18(25-21(29)23-16-9-7-15(22)8-10-16)20(28)24-17-6-4-3-5-14(17)12-19(26)27/h3-10,13,18H,11-12H2,1-2H3,(H,24,28)(H,26,27)(H2,23,25,29)/t18-/m0/s1. The van der Waals surface area contributed by atoms with Crippen LogP contribution in [0.15, 0.2) is 53.0 Å². The Kier molecular flexibility index (Phi) is 8.21. The summed E-state index contributed by atoms with van der Waals surface area (Å²) in [5, 5.41) is 17.2. The minimum Gasteiger partial charge on any atom is -0.481 e. The number of hydrogen-bond donors (Lipinski definition) is 4. The molecule has 4 N–H and O–H groups in total. The molecule has 0 aliphatic rings. The molecule has 29 heavy (non-hydrogen) atoms. The van der Waals surface area contributed by atoms with Crippen LogP contribution in [-0.4, -0.2) is 29.1 Å². The van der Waals surface area contributed by atoms with Crippen LogP contribution in [0.3, 0.4) is 0 Å². The molecule has 0 saturated heterocycles. The quantitative estimate of drug-likeness (QED) is 0.471. The van der Waals surface area contributed by atoms with Crippen molar-refractivity contribution >= 4 is 45.2 Å². The number of carboxylic acids is 1. The number of nitrogens with one attached hydrogen (secondary N) is 3. The number of benzene rings is 2. The number of amides is 3. The van der Waals surface area contributed by atoms with E-state index in [1.807, 2.05) is 13.8 Å². The average molecular weight is 462 g/mol. The topological polar surface area (TPSA) is 108 Å². The number of carbonyl (C=O) groups is 3. The predicted octanol–water partition coefficient (Wildman–Crippen LogP) is 4.25. The zero-order valence-electron chi connectivity index (χ0n) is 16.2. The average Bonchev–Trinajstić information content (AvgIpc) is 2.64. The Morgan fingerprint density at radius 3 is 2.28 bits per heavy atom. The van der Waals surface area contributed by atoms with Gasteiger partial charge in [0.15, 0.2) is 0 Å². The number of aliphatic carboxylic acids is 1. The lowest BCUT2D eigenvalue weighted by Gasteiger charge is -2.21. The van der Waals surface area contributed by atoms with E-state index in [2.05, 4.69) is 31.9 Å². The fourth-order valence-corrected chi connectivity index (χ4v) is 3.01. The molecule has 0 bridgehead atoms. The predicted molar refractivity (Wildman–Crippen MR) is 116 cm³/mol. The molecular weight excluding hydrogens is 438 g/mol. The summed E-state index contributed by atoms with van der Waals surface area (Å²) < 4.78 is 0.889. The second kappa shape index (κ2) is 10.6. The monoisotopic (exact) mass is 461 g/mol. The molecule has 1 atom stereocenters. The highest BCUT2D eigenvalue weighted by Crippen LogP contribution is 2.18. The molecule has 0 aromatic heterocycles. The summed E-state index contributed by atoms with van der Waals surface area (Å²) in [5.41, 5.74) is 1.51. The third-order valence-electron chi connectivity index (χ3n) is 4.05. The van der Waals surface area contributed by atoms with Crippen LogP contribution in [0, 0.1) is 5.92 Å². The molecule has 0 unspecified atom stereocenters. The van der Waals surface area contributed by atoms with Crippen LogP contribution < -0.4 is 16.0 Å². The van der Waals surface area contributed by atoms with Gasteiger partial charge in [0, 0.05) is 15.8 Å². The summed E-state index contributed by atoms with van der Waals surface area (Å²) in [6, 6.07) is 12.5. The first kappa shape index (κ1) is 22.4. The van der Waals surface area contributed by atoms with Crippen LogP contribution in [0.5, 0.6) is 0 Å². The molecule has 0 aliphatic heterocycles. The number of halogens is 1. The van der Waals surface area contributed by atoms with E-state index in [-0.39, 0.29) is 12.3 Å². The van der Waals surface area contributed by atoms with Crippen molar-refractivity contribution in [2.75, 3.05) is 10.6 Å². The Morgan fingerprint density at radius 2 is 1.66 bits per heavy atom. The lowest BCUT2D eigenvalue weighted by molar-refractivity contribution is -0.136. The van der Waals surface area contributed by atoms with Crippen molar-refractivity contribution in [2.24, 2.45) is 5.92 Å². The zero-order valence-corrected chi connectivity index (χ0v) is 17.8. The van der Waals surface area contributed by atoms with Gasteiger partial charge in [-0.3, -0.25) is 9.59 Å². The van der Waals surface area contributed by atoms with Gasteiger partial charge < -0.3 is 21.1 Å².